The summed E-state index contributed by atoms with van der Waals surface area (Å²) in [5.74, 6) is 1.01. The Morgan fingerprint density at radius 1 is 1.18 bits per heavy atom. The number of nitrogens with zero attached hydrogens (tertiary/aromatic N) is 2. The van der Waals surface area contributed by atoms with Crippen LogP contribution in [0, 0.1) is 0 Å². The van der Waals surface area contributed by atoms with Crippen LogP contribution in [0.4, 0.5) is 0 Å². The van der Waals surface area contributed by atoms with Crippen LogP contribution >= 0.6 is 11.6 Å². The highest BCUT2D eigenvalue weighted by Crippen LogP contribution is 2.24. The van der Waals surface area contributed by atoms with Crippen LogP contribution in [0.2, 0.25) is 5.02 Å². The van der Waals surface area contributed by atoms with Crippen LogP contribution in [0.3, 0.4) is 0 Å². The minimum absolute atomic E-state index is 0.230. The lowest BCUT2D eigenvalue weighted by Crippen LogP contribution is -1.88. The number of benzene rings is 1. The van der Waals surface area contributed by atoms with Crippen molar-refractivity contribution in [2.75, 3.05) is 0 Å². The van der Waals surface area contributed by atoms with E-state index in [1.807, 2.05) is 28.8 Å². The van der Waals surface area contributed by atoms with Crippen molar-refractivity contribution in [3.8, 4) is 17.1 Å². The van der Waals surface area contributed by atoms with Gasteiger partial charge in [0.1, 0.15) is 11.6 Å². The number of halogens is 1. The summed E-state index contributed by atoms with van der Waals surface area (Å²) >= 11 is 5.92. The first-order valence-electron chi connectivity index (χ1n) is 5.16. The van der Waals surface area contributed by atoms with Crippen LogP contribution in [0.5, 0.6) is 5.75 Å². The lowest BCUT2D eigenvalue weighted by Gasteiger charge is -2.02. The summed E-state index contributed by atoms with van der Waals surface area (Å²) in [5.41, 5.74) is 1.79. The fraction of sp³-hybridized carbons (Fsp3) is 0. The fourth-order valence-electron chi connectivity index (χ4n) is 1.83. The van der Waals surface area contributed by atoms with E-state index in [4.69, 9.17) is 11.6 Å². The molecule has 0 unspecified atom stereocenters. The molecule has 0 aliphatic carbocycles. The highest BCUT2D eigenvalue weighted by molar-refractivity contribution is 6.30. The third-order valence-corrected chi connectivity index (χ3v) is 2.83. The van der Waals surface area contributed by atoms with Gasteiger partial charge < -0.3 is 5.11 Å². The minimum atomic E-state index is 0.230. The van der Waals surface area contributed by atoms with Gasteiger partial charge in [-0.15, -0.1) is 0 Å². The van der Waals surface area contributed by atoms with E-state index in [1.165, 1.54) is 0 Å². The molecule has 0 saturated carbocycles. The van der Waals surface area contributed by atoms with Gasteiger partial charge in [-0.1, -0.05) is 23.7 Å². The Bertz CT molecular complexity index is 691. The molecule has 0 aliphatic rings. The zero-order valence-corrected chi connectivity index (χ0v) is 9.59. The van der Waals surface area contributed by atoms with Gasteiger partial charge in [-0.05, 0) is 24.3 Å². The number of phenols is 1. The largest absolute Gasteiger partial charge is 0.508 e. The molecule has 3 aromatic rings. The van der Waals surface area contributed by atoms with Gasteiger partial charge in [0.25, 0.3) is 0 Å². The average Bonchev–Trinajstić information content (AvgIpc) is 2.71. The molecule has 17 heavy (non-hydrogen) atoms. The smallest absolute Gasteiger partial charge is 0.144 e. The second-order valence-electron chi connectivity index (χ2n) is 3.77. The van der Waals surface area contributed by atoms with Gasteiger partial charge >= 0.3 is 0 Å². The van der Waals surface area contributed by atoms with Crippen molar-refractivity contribution in [1.82, 2.24) is 9.38 Å². The third-order valence-electron chi connectivity index (χ3n) is 2.60. The predicted octanol–water partition coefficient (Wildman–Crippen LogP) is 3.36. The topological polar surface area (TPSA) is 37.5 Å². The molecule has 1 aromatic carbocycles. The number of phenolic OH excluding ortho intramolecular Hbond substituents is 1. The van der Waals surface area contributed by atoms with Gasteiger partial charge in [0.05, 0.1) is 11.7 Å². The second kappa shape index (κ2) is 3.79. The molecule has 2 aromatic heterocycles. The number of hydrogen-bond donors (Lipinski definition) is 1. The molecular weight excluding hydrogens is 236 g/mol. The first-order chi connectivity index (χ1) is 8.24. The number of hydrogen-bond acceptors (Lipinski definition) is 2. The zero-order valence-electron chi connectivity index (χ0n) is 8.84. The van der Waals surface area contributed by atoms with Crippen molar-refractivity contribution in [2.45, 2.75) is 0 Å². The normalized spacial score (nSPS) is 10.9. The maximum absolute atomic E-state index is 9.47. The van der Waals surface area contributed by atoms with E-state index in [9.17, 15) is 5.11 Å². The van der Waals surface area contributed by atoms with E-state index < -0.39 is 0 Å². The standard InChI is InChI=1S/C13H9ClN2O/c14-10-4-5-16-11(7-10)8-15-13(16)9-2-1-3-12(17)6-9/h1-8,17H. The van der Waals surface area contributed by atoms with Crippen LogP contribution in [0.1, 0.15) is 0 Å². The summed E-state index contributed by atoms with van der Waals surface area (Å²) in [6.07, 6.45) is 3.62. The minimum Gasteiger partial charge on any atom is -0.508 e. The molecule has 0 bridgehead atoms. The zero-order chi connectivity index (χ0) is 11.8. The second-order valence-corrected chi connectivity index (χ2v) is 4.21. The van der Waals surface area contributed by atoms with E-state index >= 15 is 0 Å². The van der Waals surface area contributed by atoms with Crippen molar-refractivity contribution in [1.29, 1.82) is 0 Å². The van der Waals surface area contributed by atoms with Crippen LogP contribution in [-0.4, -0.2) is 14.5 Å². The molecule has 0 spiro atoms. The SMILES string of the molecule is Oc1cccc(-c2ncc3cc(Cl)ccn23)c1. The maximum atomic E-state index is 9.47. The van der Waals surface area contributed by atoms with E-state index in [2.05, 4.69) is 4.98 Å². The molecule has 0 atom stereocenters. The summed E-state index contributed by atoms with van der Waals surface area (Å²) in [6.45, 7) is 0. The Kier molecular flexibility index (Phi) is 2.27. The molecule has 4 heteroatoms. The predicted molar refractivity (Wildman–Crippen MR) is 67.3 cm³/mol. The number of rotatable bonds is 1. The molecule has 1 N–H and O–H groups in total. The Morgan fingerprint density at radius 3 is 2.88 bits per heavy atom. The van der Waals surface area contributed by atoms with Crippen molar-refractivity contribution in [3.63, 3.8) is 0 Å². The van der Waals surface area contributed by atoms with Gasteiger partial charge in [-0.2, -0.15) is 0 Å². The molecule has 0 aliphatic heterocycles. The summed E-state index contributed by atoms with van der Waals surface area (Å²) in [6, 6.07) is 10.7. The molecule has 0 amide bonds. The highest BCUT2D eigenvalue weighted by atomic mass is 35.5. The number of aromatic hydroxyl groups is 1. The number of pyridine rings is 1. The number of imidazole rings is 1. The monoisotopic (exact) mass is 244 g/mol. The first-order valence-corrected chi connectivity index (χ1v) is 5.54. The van der Waals surface area contributed by atoms with E-state index in [1.54, 1.807) is 24.4 Å². The van der Waals surface area contributed by atoms with Crippen LogP contribution in [-0.2, 0) is 0 Å². The molecular formula is C13H9ClN2O. The Morgan fingerprint density at radius 2 is 2.06 bits per heavy atom. The van der Waals surface area contributed by atoms with Crippen LogP contribution < -0.4 is 0 Å². The molecule has 0 saturated heterocycles. The lowest BCUT2D eigenvalue weighted by atomic mass is 10.2. The Hall–Kier alpha value is -2.00. The fourth-order valence-corrected chi connectivity index (χ4v) is 2.00. The molecule has 0 radical (unpaired) electrons. The summed E-state index contributed by atoms with van der Waals surface area (Å²) < 4.78 is 1.93. The Labute approximate surface area is 103 Å². The average molecular weight is 245 g/mol. The van der Waals surface area contributed by atoms with Crippen molar-refractivity contribution < 1.29 is 5.11 Å². The first kappa shape index (κ1) is 10.2. The van der Waals surface area contributed by atoms with Crippen molar-refractivity contribution >= 4 is 17.1 Å². The molecule has 0 fully saturated rings. The van der Waals surface area contributed by atoms with Crippen molar-refractivity contribution in [2.24, 2.45) is 0 Å². The highest BCUT2D eigenvalue weighted by Gasteiger charge is 2.06. The molecule has 84 valence electrons. The summed E-state index contributed by atoms with van der Waals surface area (Å²) in [5, 5.41) is 10.2. The van der Waals surface area contributed by atoms with Gasteiger partial charge in [0.15, 0.2) is 0 Å². The number of aromatic nitrogens is 2. The van der Waals surface area contributed by atoms with Gasteiger partial charge in [-0.25, -0.2) is 4.98 Å². The van der Waals surface area contributed by atoms with Gasteiger partial charge in [0.2, 0.25) is 0 Å². The van der Waals surface area contributed by atoms with E-state index in [-0.39, 0.29) is 5.75 Å². The summed E-state index contributed by atoms with van der Waals surface area (Å²) in [7, 11) is 0. The third kappa shape index (κ3) is 1.74. The molecule has 2 heterocycles. The van der Waals surface area contributed by atoms with E-state index in [0.717, 1.165) is 16.9 Å². The van der Waals surface area contributed by atoms with Crippen molar-refractivity contribution in [3.05, 3.63) is 53.8 Å². The van der Waals surface area contributed by atoms with Crippen LogP contribution in [0.15, 0.2) is 48.8 Å². The van der Waals surface area contributed by atoms with Gasteiger partial charge in [0, 0.05) is 16.8 Å². The quantitative estimate of drug-likeness (QED) is 0.713. The van der Waals surface area contributed by atoms with E-state index in [0.29, 0.717) is 5.02 Å². The Balaban J connectivity index is 2.24. The van der Waals surface area contributed by atoms with Crippen LogP contribution in [0.25, 0.3) is 16.9 Å². The van der Waals surface area contributed by atoms with Gasteiger partial charge in [-0.3, -0.25) is 4.40 Å². The molecule has 3 nitrogen and oxygen atoms in total. The summed E-state index contributed by atoms with van der Waals surface area (Å²) in [4.78, 5) is 4.34. The number of fused-ring (bicyclic) bond motifs is 1. The molecule has 3 rings (SSSR count). The maximum Gasteiger partial charge on any atom is 0.144 e. The lowest BCUT2D eigenvalue weighted by molar-refractivity contribution is 0.475.